The van der Waals surface area contributed by atoms with Crippen molar-refractivity contribution in [2.45, 2.75) is 19.3 Å². The van der Waals surface area contributed by atoms with E-state index in [1.54, 1.807) is 11.3 Å². The van der Waals surface area contributed by atoms with Gasteiger partial charge in [0.1, 0.15) is 11.6 Å². The molecule has 0 N–H and O–H groups in total. The number of hydrogen-bond acceptors (Lipinski definition) is 3. The molecule has 1 aromatic heterocycles. The Hall–Kier alpha value is -2.12. The highest BCUT2D eigenvalue weighted by Crippen LogP contribution is 2.26. The molecule has 0 bridgehead atoms. The van der Waals surface area contributed by atoms with Crippen molar-refractivity contribution in [2.75, 3.05) is 0 Å². The summed E-state index contributed by atoms with van der Waals surface area (Å²) in [5.74, 6) is 4.59. The Morgan fingerprint density at radius 2 is 1.83 bits per heavy atom. The van der Waals surface area contributed by atoms with Gasteiger partial charge in [0.2, 0.25) is 0 Å². The highest BCUT2D eigenvalue weighted by Gasteiger charge is 2.12. The van der Waals surface area contributed by atoms with Crippen molar-refractivity contribution in [1.29, 1.82) is 0 Å². The molecule has 0 unspecified atom stereocenters. The van der Waals surface area contributed by atoms with E-state index >= 15 is 0 Å². The first-order valence-corrected chi connectivity index (χ1v) is 8.71. The minimum atomic E-state index is -0.750. The molecule has 1 aliphatic carbocycles. The smallest absolute Gasteiger partial charge is 0.143 e. The second-order valence-electron chi connectivity index (χ2n) is 5.52. The van der Waals surface area contributed by atoms with Gasteiger partial charge in [0.15, 0.2) is 0 Å². The zero-order valence-corrected chi connectivity index (χ0v) is 14.3. The SMILES string of the molecule is Fc1cc(N=C=S)cc(F)c1C#Cc1ccc(CC2CC=CC2)s1. The average molecular weight is 357 g/mol. The summed E-state index contributed by atoms with van der Waals surface area (Å²) in [4.78, 5) is 5.62. The largest absolute Gasteiger partial charge is 0.205 e. The third-order valence-electron chi connectivity index (χ3n) is 3.77. The average Bonchev–Trinajstić information content (AvgIpc) is 3.19. The number of nitrogens with zero attached hydrogens (tertiary/aromatic N) is 1. The van der Waals surface area contributed by atoms with Crippen molar-refractivity contribution in [1.82, 2.24) is 0 Å². The van der Waals surface area contributed by atoms with E-state index in [1.165, 1.54) is 4.88 Å². The molecule has 1 aromatic carbocycles. The Kier molecular flexibility index (Phi) is 5.32. The molecule has 0 amide bonds. The first kappa shape index (κ1) is 16.7. The van der Waals surface area contributed by atoms with Crippen LogP contribution in [0.25, 0.3) is 0 Å². The molecule has 0 atom stereocenters. The standard InChI is InChI=1S/C19H13F2NS2/c20-18-10-14(22-12-23)11-19(21)17(18)8-7-15-5-6-16(24-15)9-13-3-1-2-4-13/h1-2,5-6,10-11,13H,3-4,9H2. The molecule has 5 heteroatoms. The van der Waals surface area contributed by atoms with E-state index in [9.17, 15) is 8.78 Å². The van der Waals surface area contributed by atoms with Crippen molar-refractivity contribution >= 4 is 34.4 Å². The fraction of sp³-hybridized carbons (Fsp3) is 0.211. The van der Waals surface area contributed by atoms with Crippen molar-refractivity contribution in [3.63, 3.8) is 0 Å². The van der Waals surface area contributed by atoms with Crippen LogP contribution in [0, 0.1) is 29.4 Å². The van der Waals surface area contributed by atoms with Crippen LogP contribution in [0.15, 0.2) is 41.4 Å². The van der Waals surface area contributed by atoms with Crippen molar-refractivity contribution in [3.05, 3.63) is 63.4 Å². The van der Waals surface area contributed by atoms with Gasteiger partial charge in [-0.1, -0.05) is 24.0 Å². The summed E-state index contributed by atoms with van der Waals surface area (Å²) < 4.78 is 27.9. The number of benzene rings is 1. The van der Waals surface area contributed by atoms with E-state index in [0.29, 0.717) is 5.92 Å². The molecule has 24 heavy (non-hydrogen) atoms. The Bertz CT molecular complexity index is 865. The van der Waals surface area contributed by atoms with E-state index in [1.807, 2.05) is 12.1 Å². The number of allylic oxidation sites excluding steroid dienone is 2. The lowest BCUT2D eigenvalue weighted by Gasteiger charge is -2.05. The van der Waals surface area contributed by atoms with Crippen LogP contribution < -0.4 is 0 Å². The zero-order valence-electron chi connectivity index (χ0n) is 12.7. The Morgan fingerprint density at radius 3 is 2.50 bits per heavy atom. The van der Waals surface area contributed by atoms with Crippen LogP contribution in [-0.4, -0.2) is 5.16 Å². The molecular formula is C19H13F2NS2. The molecule has 0 fully saturated rings. The molecule has 2 aromatic rings. The predicted molar refractivity (Wildman–Crippen MR) is 96.9 cm³/mol. The van der Waals surface area contributed by atoms with Crippen LogP contribution in [-0.2, 0) is 6.42 Å². The molecule has 1 nitrogen and oxygen atoms in total. The maximum Gasteiger partial charge on any atom is 0.143 e. The summed E-state index contributed by atoms with van der Waals surface area (Å²) in [6.45, 7) is 0. The van der Waals surface area contributed by atoms with Gasteiger partial charge in [0.05, 0.1) is 21.3 Å². The summed E-state index contributed by atoms with van der Waals surface area (Å²) in [6, 6.07) is 6.13. The van der Waals surface area contributed by atoms with Gasteiger partial charge >= 0.3 is 0 Å². The molecule has 0 saturated carbocycles. The molecule has 1 heterocycles. The maximum absolute atomic E-state index is 13.9. The summed E-state index contributed by atoms with van der Waals surface area (Å²) in [5, 5.41) is 2.08. The summed E-state index contributed by atoms with van der Waals surface area (Å²) in [7, 11) is 0. The third-order valence-corrected chi connectivity index (χ3v) is 4.88. The quantitative estimate of drug-likeness (QED) is 0.298. The van der Waals surface area contributed by atoms with Crippen LogP contribution in [0.2, 0.25) is 0 Å². The van der Waals surface area contributed by atoms with Gasteiger partial charge in [-0.25, -0.2) is 8.78 Å². The van der Waals surface area contributed by atoms with Gasteiger partial charge in [0, 0.05) is 17.0 Å². The maximum atomic E-state index is 13.9. The minimum absolute atomic E-state index is 0.0918. The van der Waals surface area contributed by atoms with Crippen molar-refractivity contribution in [3.8, 4) is 11.8 Å². The molecule has 1 aliphatic rings. The topological polar surface area (TPSA) is 12.4 Å². The Balaban J connectivity index is 1.77. The van der Waals surface area contributed by atoms with E-state index in [2.05, 4.69) is 46.4 Å². The first-order valence-electron chi connectivity index (χ1n) is 7.48. The van der Waals surface area contributed by atoms with Crippen LogP contribution in [0.5, 0.6) is 0 Å². The van der Waals surface area contributed by atoms with Crippen molar-refractivity contribution < 1.29 is 8.78 Å². The van der Waals surface area contributed by atoms with E-state index in [-0.39, 0.29) is 11.3 Å². The number of aliphatic imine (C=N–C) groups is 1. The van der Waals surface area contributed by atoms with Crippen LogP contribution in [0.1, 0.15) is 28.2 Å². The highest BCUT2D eigenvalue weighted by molar-refractivity contribution is 7.78. The lowest BCUT2D eigenvalue weighted by atomic mass is 10.0. The second kappa shape index (κ2) is 7.63. The van der Waals surface area contributed by atoms with Crippen LogP contribution in [0.4, 0.5) is 14.5 Å². The van der Waals surface area contributed by atoms with Gasteiger partial charge in [-0.2, -0.15) is 4.99 Å². The lowest BCUT2D eigenvalue weighted by molar-refractivity contribution is 0.572. The number of rotatable bonds is 3. The van der Waals surface area contributed by atoms with Gasteiger partial charge in [-0.3, -0.25) is 0 Å². The van der Waals surface area contributed by atoms with Gasteiger partial charge in [-0.15, -0.1) is 11.3 Å². The number of thiocarbonyl (C=S) groups is 1. The monoisotopic (exact) mass is 357 g/mol. The third kappa shape index (κ3) is 4.04. The van der Waals surface area contributed by atoms with E-state index in [0.717, 1.165) is 36.3 Å². The van der Waals surface area contributed by atoms with Gasteiger partial charge < -0.3 is 0 Å². The fourth-order valence-electron chi connectivity index (χ4n) is 2.60. The molecule has 0 saturated heterocycles. The second-order valence-corrected chi connectivity index (χ2v) is 6.87. The van der Waals surface area contributed by atoms with E-state index < -0.39 is 11.6 Å². The highest BCUT2D eigenvalue weighted by atomic mass is 32.1. The molecule has 120 valence electrons. The number of isothiocyanates is 1. The Morgan fingerprint density at radius 1 is 1.12 bits per heavy atom. The number of thiophene rings is 1. The number of hydrogen-bond donors (Lipinski definition) is 0. The normalized spacial score (nSPS) is 13.4. The molecule has 3 rings (SSSR count). The first-order chi connectivity index (χ1) is 11.7. The molecule has 0 aliphatic heterocycles. The lowest BCUT2D eigenvalue weighted by Crippen LogP contribution is -1.96. The molecule has 0 spiro atoms. The molecule has 0 radical (unpaired) electrons. The summed E-state index contributed by atoms with van der Waals surface area (Å²) >= 11 is 6.00. The summed E-state index contributed by atoms with van der Waals surface area (Å²) in [5.41, 5.74) is -0.164. The zero-order chi connectivity index (χ0) is 16.9. The number of halogens is 2. The van der Waals surface area contributed by atoms with Crippen LogP contribution in [0.3, 0.4) is 0 Å². The molecular weight excluding hydrogens is 344 g/mol. The predicted octanol–water partition coefficient (Wildman–Crippen LogP) is 5.67. The minimum Gasteiger partial charge on any atom is -0.205 e. The van der Waals surface area contributed by atoms with Crippen LogP contribution >= 0.6 is 23.6 Å². The van der Waals surface area contributed by atoms with Gasteiger partial charge in [0.25, 0.3) is 0 Å². The van der Waals surface area contributed by atoms with E-state index in [4.69, 9.17) is 0 Å². The van der Waals surface area contributed by atoms with Gasteiger partial charge in [-0.05, 0) is 49.5 Å². The van der Waals surface area contributed by atoms with Crippen molar-refractivity contribution in [2.24, 2.45) is 10.9 Å². The summed E-state index contributed by atoms with van der Waals surface area (Å²) in [6.07, 6.45) is 7.67. The fourth-order valence-corrected chi connectivity index (χ4v) is 3.68. The Labute approximate surface area is 148 Å².